The lowest BCUT2D eigenvalue weighted by Gasteiger charge is -2.36. The Hall–Kier alpha value is -0.870. The fraction of sp³-hybridized carbons (Fsp3) is 0.842. The average molecular weight is 319 g/mol. The van der Waals surface area contributed by atoms with E-state index in [2.05, 4.69) is 33.8 Å². The van der Waals surface area contributed by atoms with Crippen molar-refractivity contribution in [3.8, 4) is 0 Å². The number of likely N-dealkylation sites (tertiary alicyclic amines) is 1. The summed E-state index contributed by atoms with van der Waals surface area (Å²) in [5, 5.41) is 8.24. The summed E-state index contributed by atoms with van der Waals surface area (Å²) in [6.07, 6.45) is 12.0. The van der Waals surface area contributed by atoms with Gasteiger partial charge in [-0.15, -0.1) is 0 Å². The number of aromatic nitrogens is 2. The number of nitrogens with zero attached hydrogens (tertiary/aromatic N) is 3. The lowest BCUT2D eigenvalue weighted by Crippen LogP contribution is -2.47. The number of hydrogen-bond donors (Lipinski definition) is 1. The van der Waals surface area contributed by atoms with Gasteiger partial charge in [-0.3, -0.25) is 4.68 Å². The molecule has 0 amide bonds. The van der Waals surface area contributed by atoms with Crippen LogP contribution in [0.2, 0.25) is 0 Å². The molecule has 1 saturated carbocycles. The molecule has 4 nitrogen and oxygen atoms in total. The molecule has 0 radical (unpaired) electrons. The predicted molar refractivity (Wildman–Crippen MR) is 95.5 cm³/mol. The van der Waals surface area contributed by atoms with E-state index in [9.17, 15) is 0 Å². The van der Waals surface area contributed by atoms with E-state index in [0.717, 1.165) is 19.0 Å². The van der Waals surface area contributed by atoms with Crippen molar-refractivity contribution in [2.75, 3.05) is 19.6 Å². The molecule has 1 aromatic rings. The van der Waals surface area contributed by atoms with E-state index >= 15 is 0 Å². The van der Waals surface area contributed by atoms with Crippen LogP contribution in [0.5, 0.6) is 0 Å². The number of nitrogens with one attached hydrogen (secondary N) is 1. The molecule has 0 aromatic carbocycles. The van der Waals surface area contributed by atoms with E-state index in [0.29, 0.717) is 6.04 Å². The Kier molecular flexibility index (Phi) is 6.12. The summed E-state index contributed by atoms with van der Waals surface area (Å²) in [5.41, 5.74) is 2.67. The highest BCUT2D eigenvalue weighted by molar-refractivity contribution is 5.15. The van der Waals surface area contributed by atoms with Crippen LogP contribution in [0.15, 0.2) is 6.20 Å². The molecule has 2 heterocycles. The van der Waals surface area contributed by atoms with Crippen LogP contribution in [0.3, 0.4) is 0 Å². The minimum atomic E-state index is 0.650. The summed E-state index contributed by atoms with van der Waals surface area (Å²) >= 11 is 0. The first kappa shape index (κ1) is 17.0. The van der Waals surface area contributed by atoms with Gasteiger partial charge in [-0.1, -0.05) is 19.3 Å². The van der Waals surface area contributed by atoms with Crippen molar-refractivity contribution >= 4 is 0 Å². The molecule has 0 spiro atoms. The van der Waals surface area contributed by atoms with Crippen LogP contribution in [0.4, 0.5) is 0 Å². The molecule has 1 saturated heterocycles. The number of piperidine rings is 1. The molecule has 3 rings (SSSR count). The largest absolute Gasteiger partial charge is 0.309 e. The van der Waals surface area contributed by atoms with E-state index < -0.39 is 0 Å². The maximum absolute atomic E-state index is 4.46. The lowest BCUT2D eigenvalue weighted by atomic mass is 9.88. The Morgan fingerprint density at radius 1 is 1.17 bits per heavy atom. The van der Waals surface area contributed by atoms with Gasteiger partial charge < -0.3 is 10.2 Å². The van der Waals surface area contributed by atoms with Crippen LogP contribution in [0, 0.1) is 12.8 Å². The van der Waals surface area contributed by atoms with Gasteiger partial charge in [-0.05, 0) is 52.0 Å². The third kappa shape index (κ3) is 4.57. The van der Waals surface area contributed by atoms with E-state index in [1.807, 2.05) is 6.20 Å². The van der Waals surface area contributed by atoms with Crippen molar-refractivity contribution < 1.29 is 0 Å². The number of aryl methyl sites for hydroxylation is 1. The van der Waals surface area contributed by atoms with Gasteiger partial charge in [0, 0.05) is 43.5 Å². The van der Waals surface area contributed by atoms with Gasteiger partial charge in [0.1, 0.15) is 0 Å². The lowest BCUT2D eigenvalue weighted by molar-refractivity contribution is 0.149. The second-order valence-corrected chi connectivity index (χ2v) is 7.55. The summed E-state index contributed by atoms with van der Waals surface area (Å²) in [6, 6.07) is 0.650. The molecule has 2 fully saturated rings. The third-order valence-corrected chi connectivity index (χ3v) is 5.83. The molecule has 2 aliphatic rings. The first-order valence-corrected chi connectivity index (χ1v) is 9.73. The molecule has 1 N–H and O–H groups in total. The first-order valence-electron chi connectivity index (χ1n) is 9.73. The minimum Gasteiger partial charge on any atom is -0.309 e. The van der Waals surface area contributed by atoms with Gasteiger partial charge >= 0.3 is 0 Å². The number of rotatable bonds is 6. The summed E-state index contributed by atoms with van der Waals surface area (Å²) in [4.78, 5) is 2.72. The van der Waals surface area contributed by atoms with Gasteiger partial charge in [0.15, 0.2) is 0 Å². The molecule has 0 bridgehead atoms. The normalized spacial score (nSPS) is 24.2. The van der Waals surface area contributed by atoms with Crippen LogP contribution in [0.25, 0.3) is 0 Å². The van der Waals surface area contributed by atoms with Crippen molar-refractivity contribution in [1.29, 1.82) is 0 Å². The van der Waals surface area contributed by atoms with Crippen molar-refractivity contribution in [3.63, 3.8) is 0 Å². The predicted octanol–water partition coefficient (Wildman–Crippen LogP) is 3.35. The van der Waals surface area contributed by atoms with E-state index in [1.165, 1.54) is 75.8 Å². The third-order valence-electron chi connectivity index (χ3n) is 5.83. The zero-order chi connectivity index (χ0) is 16.1. The molecular weight excluding hydrogens is 284 g/mol. The zero-order valence-electron chi connectivity index (χ0n) is 15.1. The Labute approximate surface area is 141 Å². The van der Waals surface area contributed by atoms with Crippen LogP contribution in [-0.4, -0.2) is 40.4 Å². The highest BCUT2D eigenvalue weighted by Gasteiger charge is 2.23. The van der Waals surface area contributed by atoms with Crippen molar-refractivity contribution in [1.82, 2.24) is 20.0 Å². The van der Waals surface area contributed by atoms with Crippen molar-refractivity contribution in [2.24, 2.45) is 5.92 Å². The highest BCUT2D eigenvalue weighted by atomic mass is 15.3. The summed E-state index contributed by atoms with van der Waals surface area (Å²) in [5.74, 6) is 0.965. The van der Waals surface area contributed by atoms with Gasteiger partial charge in [0.2, 0.25) is 0 Å². The summed E-state index contributed by atoms with van der Waals surface area (Å²) in [7, 11) is 0. The highest BCUT2D eigenvalue weighted by Crippen LogP contribution is 2.25. The molecule has 1 atom stereocenters. The second kappa shape index (κ2) is 8.29. The molecule has 1 aliphatic carbocycles. The van der Waals surface area contributed by atoms with Gasteiger partial charge in [0.05, 0.1) is 6.20 Å². The maximum Gasteiger partial charge on any atom is 0.0537 e. The average Bonchev–Trinajstić information content (AvgIpc) is 2.94. The van der Waals surface area contributed by atoms with Gasteiger partial charge in [-0.25, -0.2) is 0 Å². The van der Waals surface area contributed by atoms with E-state index in [-0.39, 0.29) is 0 Å². The zero-order valence-corrected chi connectivity index (χ0v) is 15.1. The van der Waals surface area contributed by atoms with E-state index in [1.54, 1.807) is 0 Å². The van der Waals surface area contributed by atoms with Crippen LogP contribution in [-0.2, 0) is 13.1 Å². The minimum absolute atomic E-state index is 0.650. The Balaban J connectivity index is 1.45. The molecule has 1 aromatic heterocycles. The van der Waals surface area contributed by atoms with Crippen LogP contribution >= 0.6 is 0 Å². The van der Waals surface area contributed by atoms with Crippen molar-refractivity contribution in [2.45, 2.75) is 77.9 Å². The molecular formula is C19H34N4. The van der Waals surface area contributed by atoms with Gasteiger partial charge in [0.25, 0.3) is 0 Å². The maximum atomic E-state index is 4.46. The quantitative estimate of drug-likeness (QED) is 0.873. The summed E-state index contributed by atoms with van der Waals surface area (Å²) < 4.78 is 2.09. The number of hydrogen-bond acceptors (Lipinski definition) is 3. The van der Waals surface area contributed by atoms with Gasteiger partial charge in [-0.2, -0.15) is 5.10 Å². The molecule has 4 heteroatoms. The summed E-state index contributed by atoms with van der Waals surface area (Å²) in [6.45, 7) is 10.1. The monoisotopic (exact) mass is 318 g/mol. The Morgan fingerprint density at radius 3 is 2.74 bits per heavy atom. The van der Waals surface area contributed by atoms with Crippen LogP contribution < -0.4 is 5.32 Å². The molecule has 1 unspecified atom stereocenters. The Morgan fingerprint density at radius 2 is 2.00 bits per heavy atom. The SMILES string of the molecule is CCn1ncc(CNC2CCCN(CC3CCCCC3)C2)c1C. The smallest absolute Gasteiger partial charge is 0.0537 e. The molecule has 23 heavy (non-hydrogen) atoms. The Bertz CT molecular complexity index is 476. The molecule has 130 valence electrons. The molecule has 1 aliphatic heterocycles. The topological polar surface area (TPSA) is 33.1 Å². The fourth-order valence-corrected chi connectivity index (χ4v) is 4.35. The van der Waals surface area contributed by atoms with Crippen LogP contribution in [0.1, 0.15) is 63.1 Å². The first-order chi connectivity index (χ1) is 11.3. The fourth-order valence-electron chi connectivity index (χ4n) is 4.35. The van der Waals surface area contributed by atoms with E-state index in [4.69, 9.17) is 0 Å². The second-order valence-electron chi connectivity index (χ2n) is 7.55. The van der Waals surface area contributed by atoms with Crippen molar-refractivity contribution in [3.05, 3.63) is 17.5 Å². The standard InChI is InChI=1S/C19H34N4/c1-3-23-16(2)18(13-21-23)12-20-19-10-7-11-22(15-19)14-17-8-5-4-6-9-17/h13,17,19-20H,3-12,14-15H2,1-2H3.